The average Bonchev–Trinajstić information content (AvgIpc) is 3.05. The third-order valence-corrected chi connectivity index (χ3v) is 4.31. The van der Waals surface area contributed by atoms with Crippen LogP contribution in [-0.2, 0) is 0 Å². The number of hydrogen-bond donors (Lipinski definition) is 2. The number of alkyl halides is 3. The molecule has 1 amide bonds. The summed E-state index contributed by atoms with van der Waals surface area (Å²) in [5.41, 5.74) is 4.91. The Morgan fingerprint density at radius 1 is 1.52 bits per heavy atom. The molecule has 2 atom stereocenters. The summed E-state index contributed by atoms with van der Waals surface area (Å²) in [6, 6.07) is 2.55. The Morgan fingerprint density at radius 2 is 2.29 bits per heavy atom. The molecule has 0 saturated carbocycles. The van der Waals surface area contributed by atoms with E-state index in [0.717, 1.165) is 9.56 Å². The molecule has 0 aromatic carbocycles. The molecule has 0 spiro atoms. The van der Waals surface area contributed by atoms with Crippen LogP contribution in [0.25, 0.3) is 0 Å². The zero-order chi connectivity index (χ0) is 15.2. The number of rotatable bonds is 2. The molecule has 2 aromatic heterocycles. The zero-order valence-electron chi connectivity index (χ0n) is 10.6. The maximum absolute atomic E-state index is 13.2. The number of amides is 1. The van der Waals surface area contributed by atoms with E-state index in [9.17, 15) is 18.0 Å². The van der Waals surface area contributed by atoms with E-state index >= 15 is 0 Å². The minimum absolute atomic E-state index is 0.149. The van der Waals surface area contributed by atoms with Crippen LogP contribution in [0.3, 0.4) is 0 Å². The molecular weight excluding hydrogens is 305 g/mol. The van der Waals surface area contributed by atoms with Crippen LogP contribution >= 0.6 is 11.3 Å². The minimum Gasteiger partial charge on any atom is -0.364 e. The Morgan fingerprint density at radius 3 is 2.86 bits per heavy atom. The number of nitrogens with two attached hydrogens (primary N) is 1. The molecule has 0 aliphatic carbocycles. The molecule has 0 unspecified atom stereocenters. The number of aromatic nitrogens is 2. The maximum atomic E-state index is 13.2. The van der Waals surface area contributed by atoms with Gasteiger partial charge in [0, 0.05) is 17.4 Å². The van der Waals surface area contributed by atoms with Gasteiger partial charge in [-0.3, -0.25) is 4.79 Å². The summed E-state index contributed by atoms with van der Waals surface area (Å²) in [6.45, 7) is 0. The van der Waals surface area contributed by atoms with E-state index in [1.807, 2.05) is 0 Å². The fourth-order valence-corrected chi connectivity index (χ4v) is 3.16. The Balaban J connectivity index is 2.03. The topological polar surface area (TPSA) is 72.9 Å². The molecule has 5 nitrogen and oxygen atoms in total. The maximum Gasteiger partial charge on any atom is 0.410 e. The summed E-state index contributed by atoms with van der Waals surface area (Å²) in [5, 5.41) is 8.46. The predicted octanol–water partition coefficient (Wildman–Crippen LogP) is 2.70. The van der Waals surface area contributed by atoms with Gasteiger partial charge in [0.2, 0.25) is 0 Å². The Hall–Kier alpha value is -2.03. The summed E-state index contributed by atoms with van der Waals surface area (Å²) < 4.78 is 40.5. The fraction of sp³-hybridized carbons (Fsp3) is 0.333. The second-order valence-electron chi connectivity index (χ2n) is 4.73. The van der Waals surface area contributed by atoms with E-state index in [1.54, 1.807) is 17.5 Å². The number of fused-ring (bicyclic) bond motifs is 1. The molecule has 0 radical (unpaired) electrons. The lowest BCUT2D eigenvalue weighted by atomic mass is 10.0. The van der Waals surface area contributed by atoms with Crippen LogP contribution in [-0.4, -0.2) is 21.9 Å². The van der Waals surface area contributed by atoms with E-state index in [0.29, 0.717) is 0 Å². The molecule has 0 saturated heterocycles. The smallest absolute Gasteiger partial charge is 0.364 e. The molecular formula is C12H11F3N4OS. The van der Waals surface area contributed by atoms with E-state index in [4.69, 9.17) is 5.73 Å². The lowest BCUT2D eigenvalue weighted by Crippen LogP contribution is -2.35. The summed E-state index contributed by atoms with van der Waals surface area (Å²) in [7, 11) is 0. The van der Waals surface area contributed by atoms with Crippen molar-refractivity contribution in [1.82, 2.24) is 9.78 Å². The van der Waals surface area contributed by atoms with Crippen molar-refractivity contribution in [1.29, 1.82) is 0 Å². The first-order valence-corrected chi connectivity index (χ1v) is 7.00. The lowest BCUT2D eigenvalue weighted by Gasteiger charge is -2.32. The second-order valence-corrected chi connectivity index (χ2v) is 5.71. The molecule has 3 N–H and O–H groups in total. The van der Waals surface area contributed by atoms with Gasteiger partial charge in [-0.15, -0.1) is 11.3 Å². The first kappa shape index (κ1) is 13.9. The van der Waals surface area contributed by atoms with Gasteiger partial charge in [0.25, 0.3) is 5.91 Å². The lowest BCUT2D eigenvalue weighted by molar-refractivity contribution is -0.173. The molecule has 9 heteroatoms. The highest BCUT2D eigenvalue weighted by atomic mass is 32.1. The van der Waals surface area contributed by atoms with Crippen molar-refractivity contribution in [3.63, 3.8) is 0 Å². The SMILES string of the molecule is NC(=O)c1cc2n(n1)[C@@H](C(F)(F)F)C[C@@H](c1cccs1)N2. The van der Waals surface area contributed by atoms with E-state index < -0.39 is 24.2 Å². The normalized spacial score (nSPS) is 21.7. The summed E-state index contributed by atoms with van der Waals surface area (Å²) >= 11 is 1.38. The average molecular weight is 316 g/mol. The Kier molecular flexibility index (Phi) is 3.16. The monoisotopic (exact) mass is 316 g/mol. The zero-order valence-corrected chi connectivity index (χ0v) is 11.4. The van der Waals surface area contributed by atoms with Crippen LogP contribution in [0.4, 0.5) is 19.0 Å². The van der Waals surface area contributed by atoms with Crippen LogP contribution < -0.4 is 11.1 Å². The molecule has 21 heavy (non-hydrogen) atoms. The fourth-order valence-electron chi connectivity index (χ4n) is 2.37. The predicted molar refractivity (Wildman–Crippen MR) is 71.1 cm³/mol. The highest BCUT2D eigenvalue weighted by Gasteiger charge is 2.46. The number of primary amides is 1. The number of carbonyl (C=O) groups excluding carboxylic acids is 1. The third kappa shape index (κ3) is 2.48. The molecule has 1 aliphatic heterocycles. The van der Waals surface area contributed by atoms with Crippen molar-refractivity contribution in [2.45, 2.75) is 24.7 Å². The minimum atomic E-state index is -4.45. The van der Waals surface area contributed by atoms with Crippen molar-refractivity contribution in [3.8, 4) is 0 Å². The van der Waals surface area contributed by atoms with Gasteiger partial charge in [0.05, 0.1) is 6.04 Å². The molecule has 3 rings (SSSR count). The van der Waals surface area contributed by atoms with E-state index in [1.165, 1.54) is 17.4 Å². The molecule has 3 heterocycles. The first-order chi connectivity index (χ1) is 9.86. The van der Waals surface area contributed by atoms with Gasteiger partial charge in [-0.2, -0.15) is 18.3 Å². The van der Waals surface area contributed by atoms with Crippen LogP contribution in [0.2, 0.25) is 0 Å². The van der Waals surface area contributed by atoms with Gasteiger partial charge in [-0.25, -0.2) is 4.68 Å². The molecule has 2 aromatic rings. The molecule has 0 bridgehead atoms. The van der Waals surface area contributed by atoms with Crippen molar-refractivity contribution in [3.05, 3.63) is 34.2 Å². The Bertz CT molecular complexity index is 665. The largest absolute Gasteiger partial charge is 0.410 e. The van der Waals surface area contributed by atoms with E-state index in [-0.39, 0.29) is 17.9 Å². The van der Waals surface area contributed by atoms with Gasteiger partial charge >= 0.3 is 6.18 Å². The summed E-state index contributed by atoms with van der Waals surface area (Å²) in [6.07, 6.45) is -4.63. The highest BCUT2D eigenvalue weighted by molar-refractivity contribution is 7.10. The van der Waals surface area contributed by atoms with Crippen molar-refractivity contribution >= 4 is 23.1 Å². The van der Waals surface area contributed by atoms with Crippen LogP contribution in [0, 0.1) is 0 Å². The van der Waals surface area contributed by atoms with Crippen LogP contribution in [0.15, 0.2) is 23.6 Å². The first-order valence-electron chi connectivity index (χ1n) is 6.12. The van der Waals surface area contributed by atoms with Crippen molar-refractivity contribution < 1.29 is 18.0 Å². The number of halogens is 3. The van der Waals surface area contributed by atoms with Crippen LogP contribution in [0.5, 0.6) is 0 Å². The van der Waals surface area contributed by atoms with Crippen molar-refractivity contribution in [2.24, 2.45) is 5.73 Å². The quantitative estimate of drug-likeness (QED) is 0.894. The van der Waals surface area contributed by atoms with Gasteiger partial charge in [-0.1, -0.05) is 6.07 Å². The van der Waals surface area contributed by atoms with E-state index in [2.05, 4.69) is 10.4 Å². The molecule has 0 fully saturated rings. The standard InChI is InChI=1S/C12H11F3N4OS/c13-12(14,15)9-4-6(8-2-1-3-21-8)17-10-5-7(11(16)20)18-19(9)10/h1-3,5-6,9,17H,4H2,(H2,16,20)/t6-,9+/m0/s1. The van der Waals surface area contributed by atoms with Gasteiger partial charge < -0.3 is 11.1 Å². The Labute approximate surface area is 121 Å². The summed E-state index contributed by atoms with van der Waals surface area (Å²) in [4.78, 5) is 11.9. The number of nitrogens with one attached hydrogen (secondary N) is 1. The highest BCUT2D eigenvalue weighted by Crippen LogP contribution is 2.44. The molecule has 112 valence electrons. The number of nitrogens with zero attached hydrogens (tertiary/aromatic N) is 2. The number of hydrogen-bond acceptors (Lipinski definition) is 4. The number of anilines is 1. The van der Waals surface area contributed by atoms with Gasteiger partial charge in [0.15, 0.2) is 11.7 Å². The van der Waals surface area contributed by atoms with Gasteiger partial charge in [-0.05, 0) is 11.4 Å². The van der Waals surface area contributed by atoms with Gasteiger partial charge in [0.1, 0.15) is 5.82 Å². The summed E-state index contributed by atoms with van der Waals surface area (Å²) in [5.74, 6) is -0.705. The number of thiophene rings is 1. The van der Waals surface area contributed by atoms with Crippen molar-refractivity contribution in [2.75, 3.05) is 5.32 Å². The van der Waals surface area contributed by atoms with Crippen LogP contribution in [0.1, 0.15) is 33.9 Å². The molecule has 1 aliphatic rings. The number of carbonyl (C=O) groups is 1. The third-order valence-electron chi connectivity index (χ3n) is 3.33. The second kappa shape index (κ2) is 4.76.